The van der Waals surface area contributed by atoms with Crippen LogP contribution >= 0.6 is 35.2 Å². The normalized spacial score (nSPS) is 13.9. The smallest absolute Gasteiger partial charge is 0.311 e. The number of carbonyl (C=O) groups excluding carboxylic acids is 1. The second-order valence-corrected chi connectivity index (χ2v) is 7.05. The van der Waals surface area contributed by atoms with Gasteiger partial charge in [-0.1, -0.05) is 24.9 Å². The number of halogens is 2. The molecular weight excluding hydrogens is 373 g/mol. The Morgan fingerprint density at radius 3 is 3.08 bits per heavy atom. The van der Waals surface area contributed by atoms with Gasteiger partial charge in [-0.05, 0) is 31.5 Å². The number of hydrogen-bond acceptors (Lipinski definition) is 5. The van der Waals surface area contributed by atoms with Crippen molar-refractivity contribution in [3.8, 4) is 0 Å². The van der Waals surface area contributed by atoms with E-state index in [9.17, 15) is 9.18 Å². The second kappa shape index (κ2) is 9.29. The van der Waals surface area contributed by atoms with Crippen molar-refractivity contribution in [2.75, 3.05) is 18.5 Å². The van der Waals surface area contributed by atoms with Crippen molar-refractivity contribution in [2.45, 2.75) is 39.0 Å². The summed E-state index contributed by atoms with van der Waals surface area (Å²) in [6, 6.07) is 0. The molecule has 0 fully saturated rings. The standard InChI is InChI=1S/C15H19ClFN3O2S2/c1-2-3-8-22-11(21)9-10-12(16)13(14(17)24-10)19-15(23)20-7-5-4-6-18-20/h6H,2-5,7-9H2,1H3,(H,19,23). The number of nitrogens with one attached hydrogen (secondary N) is 1. The number of rotatable bonds is 6. The van der Waals surface area contributed by atoms with Gasteiger partial charge in [-0.2, -0.15) is 9.49 Å². The van der Waals surface area contributed by atoms with Crippen LogP contribution < -0.4 is 5.32 Å². The van der Waals surface area contributed by atoms with Gasteiger partial charge in [0.2, 0.25) is 5.13 Å². The molecule has 1 N–H and O–H groups in total. The highest BCUT2D eigenvalue weighted by Crippen LogP contribution is 2.37. The predicted octanol–water partition coefficient (Wildman–Crippen LogP) is 4.20. The zero-order valence-electron chi connectivity index (χ0n) is 13.3. The molecule has 5 nitrogen and oxygen atoms in total. The largest absolute Gasteiger partial charge is 0.465 e. The molecule has 0 amide bonds. The Bertz CT molecular complexity index is 636. The van der Waals surface area contributed by atoms with Crippen molar-refractivity contribution in [3.63, 3.8) is 0 Å². The lowest BCUT2D eigenvalue weighted by molar-refractivity contribution is -0.142. The Morgan fingerprint density at radius 1 is 1.62 bits per heavy atom. The monoisotopic (exact) mass is 391 g/mol. The zero-order chi connectivity index (χ0) is 17.5. The van der Waals surface area contributed by atoms with E-state index >= 15 is 0 Å². The Hall–Kier alpha value is -1.25. The number of ether oxygens (including phenoxy) is 1. The van der Waals surface area contributed by atoms with E-state index in [1.165, 1.54) is 0 Å². The molecule has 0 aliphatic carbocycles. The molecule has 9 heteroatoms. The van der Waals surface area contributed by atoms with Crippen molar-refractivity contribution in [1.82, 2.24) is 5.01 Å². The van der Waals surface area contributed by atoms with Crippen molar-refractivity contribution < 1.29 is 13.9 Å². The molecule has 24 heavy (non-hydrogen) atoms. The molecule has 0 spiro atoms. The number of nitrogens with zero attached hydrogens (tertiary/aromatic N) is 2. The van der Waals surface area contributed by atoms with Gasteiger partial charge in [0.15, 0.2) is 5.11 Å². The van der Waals surface area contributed by atoms with Crippen LogP contribution in [-0.2, 0) is 16.0 Å². The van der Waals surface area contributed by atoms with Crippen LogP contribution in [0.2, 0.25) is 5.02 Å². The van der Waals surface area contributed by atoms with Gasteiger partial charge in [0.05, 0.1) is 18.1 Å². The highest BCUT2D eigenvalue weighted by Gasteiger charge is 2.22. The Balaban J connectivity index is 2.00. The van der Waals surface area contributed by atoms with E-state index < -0.39 is 11.1 Å². The highest BCUT2D eigenvalue weighted by molar-refractivity contribution is 7.80. The van der Waals surface area contributed by atoms with Crippen LogP contribution in [-0.4, -0.2) is 35.5 Å². The summed E-state index contributed by atoms with van der Waals surface area (Å²) in [7, 11) is 0. The van der Waals surface area contributed by atoms with Gasteiger partial charge in [-0.3, -0.25) is 4.79 Å². The van der Waals surface area contributed by atoms with E-state index in [0.29, 0.717) is 18.0 Å². The summed E-state index contributed by atoms with van der Waals surface area (Å²) in [5.41, 5.74) is 0.0869. The molecule has 2 heterocycles. The molecule has 1 aliphatic rings. The summed E-state index contributed by atoms with van der Waals surface area (Å²) < 4.78 is 19.2. The van der Waals surface area contributed by atoms with E-state index in [1.807, 2.05) is 6.92 Å². The first-order chi connectivity index (χ1) is 11.5. The fraction of sp³-hybridized carbons (Fsp3) is 0.533. The van der Waals surface area contributed by atoms with E-state index in [2.05, 4.69) is 10.4 Å². The molecule has 0 unspecified atom stereocenters. The SMILES string of the molecule is CCCCOC(=O)Cc1sc(F)c(NC(=S)N2CCCC=N2)c1Cl. The summed E-state index contributed by atoms with van der Waals surface area (Å²) in [4.78, 5) is 12.2. The first-order valence-corrected chi connectivity index (χ1v) is 9.36. The van der Waals surface area contributed by atoms with E-state index in [4.69, 9.17) is 28.6 Å². The number of esters is 1. The topological polar surface area (TPSA) is 53.9 Å². The molecule has 0 saturated carbocycles. The van der Waals surface area contributed by atoms with Crippen molar-refractivity contribution >= 4 is 58.1 Å². The molecule has 132 valence electrons. The number of thiocarbonyl (C=S) groups is 1. The predicted molar refractivity (Wildman–Crippen MR) is 99.5 cm³/mol. The summed E-state index contributed by atoms with van der Waals surface area (Å²) in [6.07, 6.45) is 5.28. The van der Waals surface area contributed by atoms with Crippen LogP contribution in [0.3, 0.4) is 0 Å². The molecule has 2 rings (SSSR count). The molecule has 0 saturated heterocycles. The van der Waals surface area contributed by atoms with Gasteiger partial charge in [0.1, 0.15) is 5.69 Å². The number of unbranched alkanes of at least 4 members (excludes halogenated alkanes) is 1. The molecular formula is C15H19ClFN3O2S2. The molecule has 1 aromatic rings. The van der Waals surface area contributed by atoms with Gasteiger partial charge in [0.25, 0.3) is 0 Å². The van der Waals surface area contributed by atoms with E-state index in [0.717, 1.165) is 37.0 Å². The lowest BCUT2D eigenvalue weighted by Crippen LogP contribution is -2.33. The maximum Gasteiger partial charge on any atom is 0.311 e. The number of carbonyl (C=O) groups is 1. The summed E-state index contributed by atoms with van der Waals surface area (Å²) in [5, 5.41) is 8.45. The third-order valence-corrected chi connectivity index (χ3v) is 5.15. The van der Waals surface area contributed by atoms with Crippen LogP contribution in [0, 0.1) is 5.13 Å². The Labute approximate surface area is 154 Å². The van der Waals surface area contributed by atoms with Crippen LogP contribution in [0.25, 0.3) is 0 Å². The number of hydrogen-bond donors (Lipinski definition) is 1. The maximum atomic E-state index is 14.2. The fourth-order valence-corrected chi connectivity index (χ4v) is 3.49. The minimum absolute atomic E-state index is 0.0551. The summed E-state index contributed by atoms with van der Waals surface area (Å²) in [6.45, 7) is 3.04. The van der Waals surface area contributed by atoms with Gasteiger partial charge in [-0.15, -0.1) is 11.3 Å². The van der Waals surface area contributed by atoms with Crippen molar-refractivity contribution in [2.24, 2.45) is 5.10 Å². The summed E-state index contributed by atoms with van der Waals surface area (Å²) >= 11 is 12.3. The fourth-order valence-electron chi connectivity index (χ4n) is 2.03. The number of thiophene rings is 1. The van der Waals surface area contributed by atoms with Gasteiger partial charge in [-0.25, -0.2) is 5.01 Å². The summed E-state index contributed by atoms with van der Waals surface area (Å²) in [5.74, 6) is -0.415. The first kappa shape index (κ1) is 19.1. The molecule has 1 aliphatic heterocycles. The van der Waals surface area contributed by atoms with E-state index in [-0.39, 0.29) is 22.2 Å². The molecule has 0 aromatic carbocycles. The number of anilines is 1. The molecule has 1 aromatic heterocycles. The average Bonchev–Trinajstić information content (AvgIpc) is 2.83. The zero-order valence-corrected chi connectivity index (χ0v) is 15.7. The van der Waals surface area contributed by atoms with Crippen molar-refractivity contribution in [3.05, 3.63) is 15.0 Å². The van der Waals surface area contributed by atoms with Crippen LogP contribution in [0.5, 0.6) is 0 Å². The third kappa shape index (κ3) is 5.12. The molecule has 0 atom stereocenters. The van der Waals surface area contributed by atoms with Crippen molar-refractivity contribution in [1.29, 1.82) is 0 Å². The lowest BCUT2D eigenvalue weighted by Gasteiger charge is -2.22. The minimum Gasteiger partial charge on any atom is -0.465 e. The Morgan fingerprint density at radius 2 is 2.42 bits per heavy atom. The lowest BCUT2D eigenvalue weighted by atomic mass is 10.3. The molecule has 0 radical (unpaired) electrons. The van der Waals surface area contributed by atoms with Crippen LogP contribution in [0.1, 0.15) is 37.5 Å². The van der Waals surface area contributed by atoms with Gasteiger partial charge >= 0.3 is 5.97 Å². The quantitative estimate of drug-likeness (QED) is 0.447. The van der Waals surface area contributed by atoms with Crippen LogP contribution in [0.15, 0.2) is 5.10 Å². The number of hydrazone groups is 1. The minimum atomic E-state index is -0.514. The first-order valence-electron chi connectivity index (χ1n) is 7.76. The van der Waals surface area contributed by atoms with E-state index in [1.54, 1.807) is 11.2 Å². The maximum absolute atomic E-state index is 14.2. The van der Waals surface area contributed by atoms with Crippen LogP contribution in [0.4, 0.5) is 10.1 Å². The Kier molecular flexibility index (Phi) is 7.39. The van der Waals surface area contributed by atoms with Gasteiger partial charge < -0.3 is 10.1 Å². The second-order valence-electron chi connectivity index (χ2n) is 5.23. The molecule has 0 bridgehead atoms. The van der Waals surface area contributed by atoms with Gasteiger partial charge in [0, 0.05) is 17.6 Å². The highest BCUT2D eigenvalue weighted by atomic mass is 35.5. The third-order valence-electron chi connectivity index (χ3n) is 3.33. The average molecular weight is 392 g/mol.